The first-order valence-electron chi connectivity index (χ1n) is 7.50. The molecule has 1 N–H and O–H groups in total. The zero-order chi connectivity index (χ0) is 14.8. The minimum atomic E-state index is 0.170. The van der Waals surface area contributed by atoms with Gasteiger partial charge in [0.05, 0.1) is 19.8 Å². The fourth-order valence-corrected chi connectivity index (χ4v) is 1.96. The quantitative estimate of drug-likeness (QED) is 0.704. The van der Waals surface area contributed by atoms with Crippen molar-refractivity contribution in [3.8, 4) is 0 Å². The van der Waals surface area contributed by atoms with Gasteiger partial charge in [-0.2, -0.15) is 0 Å². The maximum absolute atomic E-state index is 5.66. The van der Waals surface area contributed by atoms with E-state index >= 15 is 0 Å². The molecule has 0 radical (unpaired) electrons. The van der Waals surface area contributed by atoms with E-state index in [0.717, 1.165) is 19.6 Å². The van der Waals surface area contributed by atoms with E-state index in [2.05, 4.69) is 50.4 Å². The molecule has 0 spiro atoms. The maximum Gasteiger partial charge on any atom is 0.0720 e. The van der Waals surface area contributed by atoms with Crippen LogP contribution in [0.5, 0.6) is 0 Å². The van der Waals surface area contributed by atoms with Gasteiger partial charge in [-0.3, -0.25) is 0 Å². The second-order valence-corrected chi connectivity index (χ2v) is 5.94. The molecule has 3 heteroatoms. The molecule has 0 aromatic heterocycles. The summed E-state index contributed by atoms with van der Waals surface area (Å²) >= 11 is 0. The summed E-state index contributed by atoms with van der Waals surface area (Å²) in [6.07, 6.45) is 1.03. The van der Waals surface area contributed by atoms with Crippen LogP contribution in [0.1, 0.15) is 38.8 Å². The van der Waals surface area contributed by atoms with Crippen LogP contribution in [0, 0.1) is 0 Å². The average molecular weight is 279 g/mol. The first-order valence-corrected chi connectivity index (χ1v) is 7.50. The molecule has 0 aliphatic rings. The van der Waals surface area contributed by atoms with E-state index in [9.17, 15) is 0 Å². The fourth-order valence-electron chi connectivity index (χ4n) is 1.96. The maximum atomic E-state index is 5.66. The molecule has 0 saturated carbocycles. The molecule has 1 aromatic rings. The highest BCUT2D eigenvalue weighted by Crippen LogP contribution is 2.11. The number of hydrogen-bond acceptors (Lipinski definition) is 3. The Hall–Kier alpha value is -0.900. The topological polar surface area (TPSA) is 30.5 Å². The predicted octanol–water partition coefficient (Wildman–Crippen LogP) is 3.17. The van der Waals surface area contributed by atoms with Gasteiger partial charge < -0.3 is 14.8 Å². The van der Waals surface area contributed by atoms with Crippen molar-refractivity contribution in [3.63, 3.8) is 0 Å². The van der Waals surface area contributed by atoms with E-state index < -0.39 is 0 Å². The minimum Gasteiger partial charge on any atom is -0.379 e. The zero-order valence-electron chi connectivity index (χ0n) is 13.4. The normalized spacial score (nSPS) is 11.8. The number of hydrogen-bond donors (Lipinski definition) is 1. The molecule has 0 bridgehead atoms. The van der Waals surface area contributed by atoms with Gasteiger partial charge in [0, 0.05) is 12.1 Å². The molecule has 0 aliphatic carbocycles. The summed E-state index contributed by atoms with van der Waals surface area (Å²) in [6.45, 7) is 12.3. The van der Waals surface area contributed by atoms with Gasteiger partial charge in [-0.1, -0.05) is 24.3 Å². The summed E-state index contributed by atoms with van der Waals surface area (Å²) < 4.78 is 10.9. The van der Waals surface area contributed by atoms with Gasteiger partial charge in [0.1, 0.15) is 0 Å². The van der Waals surface area contributed by atoms with Crippen molar-refractivity contribution >= 4 is 0 Å². The zero-order valence-corrected chi connectivity index (χ0v) is 13.4. The third-order valence-electron chi connectivity index (χ3n) is 3.00. The Morgan fingerprint density at radius 1 is 1.00 bits per heavy atom. The van der Waals surface area contributed by atoms with E-state index in [0.29, 0.717) is 19.8 Å². The predicted molar refractivity (Wildman–Crippen MR) is 84.1 cm³/mol. The molecule has 0 saturated heterocycles. The van der Waals surface area contributed by atoms with E-state index in [1.54, 1.807) is 0 Å². The van der Waals surface area contributed by atoms with Crippen LogP contribution in [0.4, 0.5) is 0 Å². The largest absolute Gasteiger partial charge is 0.379 e. The van der Waals surface area contributed by atoms with Gasteiger partial charge in [-0.05, 0) is 51.8 Å². The summed E-state index contributed by atoms with van der Waals surface area (Å²) in [4.78, 5) is 0. The summed E-state index contributed by atoms with van der Waals surface area (Å²) in [5.41, 5.74) is 2.81. The minimum absolute atomic E-state index is 0.170. The summed E-state index contributed by atoms with van der Waals surface area (Å²) in [5.74, 6) is 0. The van der Waals surface area contributed by atoms with Crippen LogP contribution < -0.4 is 5.32 Å². The average Bonchev–Trinajstić information content (AvgIpc) is 2.39. The number of ether oxygens (including phenoxy) is 2. The molecule has 1 aromatic carbocycles. The standard InChI is InChI=1S/C17H29NO2/c1-5-19-12-13-20-14-16-9-7-6-8-15(16)10-11-18-17(2,3)4/h6-9,18H,5,10-14H2,1-4H3. The van der Waals surface area contributed by atoms with E-state index in [4.69, 9.17) is 9.47 Å². The molecule has 0 fully saturated rings. The van der Waals surface area contributed by atoms with Crippen LogP contribution in [0.25, 0.3) is 0 Å². The van der Waals surface area contributed by atoms with Crippen LogP contribution >= 0.6 is 0 Å². The highest BCUT2D eigenvalue weighted by Gasteiger charge is 2.08. The highest BCUT2D eigenvalue weighted by atomic mass is 16.5. The van der Waals surface area contributed by atoms with E-state index in [1.807, 2.05) is 6.92 Å². The third-order valence-corrected chi connectivity index (χ3v) is 3.00. The molecule has 3 nitrogen and oxygen atoms in total. The molecule has 0 unspecified atom stereocenters. The van der Waals surface area contributed by atoms with Crippen molar-refractivity contribution in [1.29, 1.82) is 0 Å². The van der Waals surface area contributed by atoms with Crippen molar-refractivity contribution in [1.82, 2.24) is 5.32 Å². The summed E-state index contributed by atoms with van der Waals surface area (Å²) in [6, 6.07) is 8.50. The molecule has 1 rings (SSSR count). The number of nitrogens with one attached hydrogen (secondary N) is 1. The van der Waals surface area contributed by atoms with Crippen molar-refractivity contribution in [2.75, 3.05) is 26.4 Å². The lowest BCUT2D eigenvalue weighted by molar-refractivity contribution is 0.0450. The van der Waals surface area contributed by atoms with Gasteiger partial charge in [0.2, 0.25) is 0 Å². The van der Waals surface area contributed by atoms with Crippen molar-refractivity contribution in [2.24, 2.45) is 0 Å². The molecule has 0 aliphatic heterocycles. The molecule has 20 heavy (non-hydrogen) atoms. The first kappa shape index (κ1) is 17.2. The van der Waals surface area contributed by atoms with Gasteiger partial charge in [0.25, 0.3) is 0 Å². The Morgan fingerprint density at radius 2 is 1.65 bits per heavy atom. The first-order chi connectivity index (χ1) is 9.53. The van der Waals surface area contributed by atoms with Gasteiger partial charge >= 0.3 is 0 Å². The summed E-state index contributed by atoms with van der Waals surface area (Å²) in [7, 11) is 0. The molecule has 114 valence electrons. The van der Waals surface area contributed by atoms with Crippen molar-refractivity contribution < 1.29 is 9.47 Å². The van der Waals surface area contributed by atoms with E-state index in [1.165, 1.54) is 11.1 Å². The summed E-state index contributed by atoms with van der Waals surface area (Å²) in [5, 5.41) is 3.52. The van der Waals surface area contributed by atoms with Gasteiger partial charge in [0.15, 0.2) is 0 Å². The lowest BCUT2D eigenvalue weighted by atomic mass is 10.0. The van der Waals surface area contributed by atoms with Crippen LogP contribution in [-0.4, -0.2) is 31.9 Å². The number of rotatable bonds is 9. The third kappa shape index (κ3) is 7.63. The van der Waals surface area contributed by atoms with Crippen molar-refractivity contribution in [2.45, 2.75) is 46.3 Å². The Morgan fingerprint density at radius 3 is 2.30 bits per heavy atom. The lowest BCUT2D eigenvalue weighted by Gasteiger charge is -2.21. The van der Waals surface area contributed by atoms with Gasteiger partial charge in [-0.25, -0.2) is 0 Å². The van der Waals surface area contributed by atoms with E-state index in [-0.39, 0.29) is 5.54 Å². The molecular weight excluding hydrogens is 250 g/mol. The second-order valence-electron chi connectivity index (χ2n) is 5.94. The molecule has 0 heterocycles. The monoisotopic (exact) mass is 279 g/mol. The fraction of sp³-hybridized carbons (Fsp3) is 0.647. The van der Waals surface area contributed by atoms with Crippen molar-refractivity contribution in [3.05, 3.63) is 35.4 Å². The Labute approximate surface area is 123 Å². The Kier molecular flexibility index (Phi) is 7.82. The SMILES string of the molecule is CCOCCOCc1ccccc1CCNC(C)(C)C. The number of benzene rings is 1. The molecular formula is C17H29NO2. The van der Waals surface area contributed by atoms with Crippen LogP contribution in [0.3, 0.4) is 0 Å². The van der Waals surface area contributed by atoms with Gasteiger partial charge in [-0.15, -0.1) is 0 Å². The lowest BCUT2D eigenvalue weighted by Crippen LogP contribution is -2.37. The second kappa shape index (κ2) is 9.11. The highest BCUT2D eigenvalue weighted by molar-refractivity contribution is 5.26. The van der Waals surface area contributed by atoms with Crippen LogP contribution in [0.2, 0.25) is 0 Å². The van der Waals surface area contributed by atoms with Crippen LogP contribution in [-0.2, 0) is 22.5 Å². The molecule has 0 amide bonds. The Balaban J connectivity index is 2.38. The smallest absolute Gasteiger partial charge is 0.0720 e. The van der Waals surface area contributed by atoms with Crippen LogP contribution in [0.15, 0.2) is 24.3 Å². The Bertz CT molecular complexity index is 371. The molecule has 0 atom stereocenters.